The highest BCUT2D eigenvalue weighted by Gasteiger charge is 2.18. The van der Waals surface area contributed by atoms with Crippen LogP contribution in [0.1, 0.15) is 19.8 Å². The Hall–Kier alpha value is -0.700. The summed E-state index contributed by atoms with van der Waals surface area (Å²) in [6, 6.07) is 0. The molecule has 1 aliphatic heterocycles. The van der Waals surface area contributed by atoms with E-state index in [1.807, 2.05) is 4.90 Å². The number of halogens is 1. The minimum atomic E-state index is 0.507. The summed E-state index contributed by atoms with van der Waals surface area (Å²) < 4.78 is 0. The molecule has 0 aromatic carbocycles. The van der Waals surface area contributed by atoms with E-state index in [0.29, 0.717) is 17.5 Å². The molecular formula is C8H13ClN2O. The van der Waals surface area contributed by atoms with Gasteiger partial charge in [0, 0.05) is 6.54 Å². The fourth-order valence-corrected chi connectivity index (χ4v) is 1.37. The summed E-state index contributed by atoms with van der Waals surface area (Å²) in [5.74, 6) is 0. The van der Waals surface area contributed by atoms with Crippen LogP contribution in [0, 0.1) is 0 Å². The first-order valence-electron chi connectivity index (χ1n) is 4.13. The molecule has 68 valence electrons. The van der Waals surface area contributed by atoms with Gasteiger partial charge in [0.2, 0.25) is 0 Å². The number of hydrogen-bond donors (Lipinski definition) is 1. The normalized spacial score (nSPS) is 16.7. The van der Waals surface area contributed by atoms with Crippen LogP contribution >= 0.6 is 11.6 Å². The zero-order valence-corrected chi connectivity index (χ0v) is 7.90. The van der Waals surface area contributed by atoms with E-state index in [4.69, 9.17) is 11.6 Å². The molecule has 0 radical (unpaired) electrons. The predicted molar refractivity (Wildman–Crippen MR) is 48.6 cm³/mol. The lowest BCUT2D eigenvalue weighted by atomic mass is 10.3. The van der Waals surface area contributed by atoms with E-state index in [1.165, 1.54) is 0 Å². The van der Waals surface area contributed by atoms with E-state index in [-0.39, 0.29) is 0 Å². The van der Waals surface area contributed by atoms with Gasteiger partial charge in [0.05, 0.1) is 6.67 Å². The van der Waals surface area contributed by atoms with Crippen molar-refractivity contribution in [2.75, 3.05) is 13.2 Å². The van der Waals surface area contributed by atoms with Crippen LogP contribution in [0.2, 0.25) is 0 Å². The number of carbonyl (C=O) groups is 1. The molecule has 0 unspecified atom stereocenters. The molecule has 0 aliphatic carbocycles. The molecule has 0 fully saturated rings. The maximum Gasteiger partial charge on any atom is 0.169 e. The molecule has 0 atom stereocenters. The monoisotopic (exact) mass is 188 g/mol. The summed E-state index contributed by atoms with van der Waals surface area (Å²) in [7, 11) is 0. The summed E-state index contributed by atoms with van der Waals surface area (Å²) in [4.78, 5) is 12.4. The van der Waals surface area contributed by atoms with E-state index in [2.05, 4.69) is 12.2 Å². The van der Waals surface area contributed by atoms with Crippen LogP contribution < -0.4 is 5.32 Å². The van der Waals surface area contributed by atoms with E-state index in [0.717, 1.165) is 25.7 Å². The molecule has 4 heteroatoms. The Bertz CT molecular complexity index is 203. The second-order valence-electron chi connectivity index (χ2n) is 2.77. The second kappa shape index (κ2) is 4.36. The lowest BCUT2D eigenvalue weighted by Gasteiger charge is -2.15. The fraction of sp³-hybridized carbons (Fsp3) is 0.625. The molecule has 0 amide bonds. The number of aldehydes is 1. The first-order chi connectivity index (χ1) is 5.79. The number of carbonyl (C=O) groups excluding carboxylic acids is 1. The first-order valence-corrected chi connectivity index (χ1v) is 4.51. The Labute approximate surface area is 77.4 Å². The van der Waals surface area contributed by atoms with Crippen molar-refractivity contribution in [2.24, 2.45) is 0 Å². The van der Waals surface area contributed by atoms with Gasteiger partial charge in [-0.15, -0.1) is 0 Å². The quantitative estimate of drug-likeness (QED) is 0.533. The van der Waals surface area contributed by atoms with Crippen LogP contribution in [0.3, 0.4) is 0 Å². The van der Waals surface area contributed by atoms with Crippen molar-refractivity contribution in [1.29, 1.82) is 0 Å². The van der Waals surface area contributed by atoms with Crippen molar-refractivity contribution >= 4 is 17.9 Å². The minimum Gasteiger partial charge on any atom is -0.363 e. The maximum absolute atomic E-state index is 10.4. The third-order valence-corrected chi connectivity index (χ3v) is 2.30. The molecule has 1 N–H and O–H groups in total. The standard InChI is InChI=1S/C8H13ClN2O/c1-2-3-4-11-6-10-7(5-12)8(11)9/h5,10H,2-4,6H2,1H3. The smallest absolute Gasteiger partial charge is 0.169 e. The molecular weight excluding hydrogens is 176 g/mol. The van der Waals surface area contributed by atoms with Crippen molar-refractivity contribution in [1.82, 2.24) is 10.2 Å². The van der Waals surface area contributed by atoms with Gasteiger partial charge in [-0.1, -0.05) is 24.9 Å². The highest BCUT2D eigenvalue weighted by atomic mass is 35.5. The third-order valence-electron chi connectivity index (χ3n) is 1.86. The van der Waals surface area contributed by atoms with Crippen molar-refractivity contribution in [3.8, 4) is 0 Å². The lowest BCUT2D eigenvalue weighted by molar-refractivity contribution is -0.105. The van der Waals surface area contributed by atoms with Crippen molar-refractivity contribution in [2.45, 2.75) is 19.8 Å². The molecule has 1 aliphatic rings. The molecule has 0 bridgehead atoms. The van der Waals surface area contributed by atoms with Crippen LogP contribution in [0.15, 0.2) is 10.9 Å². The SMILES string of the molecule is CCCCN1CNC(C=O)=C1Cl. The summed E-state index contributed by atoms with van der Waals surface area (Å²) in [6.07, 6.45) is 3.00. The van der Waals surface area contributed by atoms with Crippen molar-refractivity contribution < 1.29 is 4.79 Å². The zero-order chi connectivity index (χ0) is 8.97. The van der Waals surface area contributed by atoms with Crippen LogP contribution in [0.4, 0.5) is 0 Å². The van der Waals surface area contributed by atoms with Crippen molar-refractivity contribution in [3.05, 3.63) is 10.9 Å². The van der Waals surface area contributed by atoms with Gasteiger partial charge >= 0.3 is 0 Å². The van der Waals surface area contributed by atoms with E-state index in [1.54, 1.807) is 0 Å². The molecule has 3 nitrogen and oxygen atoms in total. The molecule has 0 saturated heterocycles. The van der Waals surface area contributed by atoms with E-state index < -0.39 is 0 Å². The largest absolute Gasteiger partial charge is 0.363 e. The Morgan fingerprint density at radius 2 is 2.50 bits per heavy atom. The number of allylic oxidation sites excluding steroid dienone is 1. The third kappa shape index (κ3) is 1.91. The van der Waals surface area contributed by atoms with E-state index >= 15 is 0 Å². The van der Waals surface area contributed by atoms with E-state index in [9.17, 15) is 4.79 Å². The highest BCUT2D eigenvalue weighted by molar-refractivity contribution is 6.30. The van der Waals surface area contributed by atoms with Gasteiger partial charge in [-0.25, -0.2) is 0 Å². The van der Waals surface area contributed by atoms with Gasteiger partial charge in [0.15, 0.2) is 6.29 Å². The maximum atomic E-state index is 10.4. The summed E-state index contributed by atoms with van der Waals surface area (Å²) in [6.45, 7) is 3.70. The van der Waals surface area contributed by atoms with Gasteiger partial charge in [-0.2, -0.15) is 0 Å². The summed E-state index contributed by atoms with van der Waals surface area (Å²) >= 11 is 5.89. The average Bonchev–Trinajstić information content (AvgIpc) is 2.43. The average molecular weight is 189 g/mol. The van der Waals surface area contributed by atoms with Gasteiger partial charge in [0.25, 0.3) is 0 Å². The molecule has 0 aromatic heterocycles. The molecule has 0 spiro atoms. The fourth-order valence-electron chi connectivity index (χ4n) is 1.11. The van der Waals surface area contributed by atoms with Gasteiger partial charge in [-0.05, 0) is 6.42 Å². The van der Waals surface area contributed by atoms with Crippen LogP contribution in [0.5, 0.6) is 0 Å². The number of rotatable bonds is 4. The topological polar surface area (TPSA) is 32.3 Å². The highest BCUT2D eigenvalue weighted by Crippen LogP contribution is 2.17. The molecule has 1 heterocycles. The molecule has 0 saturated carbocycles. The van der Waals surface area contributed by atoms with Gasteiger partial charge in [0.1, 0.15) is 10.9 Å². The Balaban J connectivity index is 2.48. The number of unbranched alkanes of at least 4 members (excludes halogenated alkanes) is 1. The number of nitrogens with zero attached hydrogens (tertiary/aromatic N) is 1. The van der Waals surface area contributed by atoms with Crippen LogP contribution in [-0.2, 0) is 4.79 Å². The number of hydrogen-bond acceptors (Lipinski definition) is 3. The molecule has 12 heavy (non-hydrogen) atoms. The summed E-state index contributed by atoms with van der Waals surface area (Å²) in [5, 5.41) is 3.47. The van der Waals surface area contributed by atoms with Gasteiger partial charge < -0.3 is 10.2 Å². The summed E-state index contributed by atoms with van der Waals surface area (Å²) in [5.41, 5.74) is 0.507. The number of nitrogens with one attached hydrogen (secondary N) is 1. The Kier molecular flexibility index (Phi) is 3.41. The van der Waals surface area contributed by atoms with Gasteiger partial charge in [-0.3, -0.25) is 4.79 Å². The Morgan fingerprint density at radius 3 is 3.00 bits per heavy atom. The molecule has 1 rings (SSSR count). The lowest BCUT2D eigenvalue weighted by Crippen LogP contribution is -2.23. The Morgan fingerprint density at radius 1 is 1.75 bits per heavy atom. The first kappa shape index (κ1) is 9.39. The zero-order valence-electron chi connectivity index (χ0n) is 7.14. The predicted octanol–water partition coefficient (Wildman–Crippen LogP) is 1.26. The second-order valence-corrected chi connectivity index (χ2v) is 3.13. The van der Waals surface area contributed by atoms with Crippen molar-refractivity contribution in [3.63, 3.8) is 0 Å². The molecule has 0 aromatic rings. The van der Waals surface area contributed by atoms with Crippen LogP contribution in [-0.4, -0.2) is 24.4 Å². The minimum absolute atomic E-state index is 0.507. The van der Waals surface area contributed by atoms with Crippen LogP contribution in [0.25, 0.3) is 0 Å².